The molecule has 0 spiro atoms. The van der Waals surface area contributed by atoms with Crippen LogP contribution in [-0.4, -0.2) is 9.55 Å². The molecule has 0 fully saturated rings. The minimum Gasteiger partial charge on any atom is -0.325 e. The Labute approximate surface area is 93.6 Å². The van der Waals surface area contributed by atoms with Crippen molar-refractivity contribution in [2.24, 2.45) is 5.73 Å². The molecule has 0 radical (unpaired) electrons. The van der Waals surface area contributed by atoms with Crippen molar-refractivity contribution in [2.75, 3.05) is 0 Å². The maximum atomic E-state index is 5.89. The van der Waals surface area contributed by atoms with Gasteiger partial charge in [0, 0.05) is 17.1 Å². The lowest BCUT2D eigenvalue weighted by atomic mass is 10.2. The van der Waals surface area contributed by atoms with Crippen LogP contribution in [0.25, 0.3) is 0 Å². The van der Waals surface area contributed by atoms with E-state index in [0.29, 0.717) is 6.04 Å². The predicted octanol–water partition coefficient (Wildman–Crippen LogP) is 2.57. The molecule has 0 aliphatic rings. The Balaban J connectivity index is 2.33. The average Bonchev–Trinajstić information content (AvgIpc) is 2.88. The highest BCUT2D eigenvalue weighted by atomic mass is 32.1. The lowest BCUT2D eigenvalue weighted by molar-refractivity contribution is 0.589. The van der Waals surface area contributed by atoms with Crippen molar-refractivity contribution in [3.63, 3.8) is 0 Å². The van der Waals surface area contributed by atoms with E-state index in [-0.39, 0.29) is 6.04 Å². The second-order valence-corrected chi connectivity index (χ2v) is 4.69. The maximum Gasteiger partial charge on any atom is 0.0954 e. The standard InChI is InChI=1S/C11H15N3S/c1-8(12)10-6-13-7-14(10)9(2)11-4-3-5-15-11/h3-9H,12H2,1-2H3/t8-,9?/m1/s1. The first-order chi connectivity index (χ1) is 7.20. The normalized spacial score (nSPS) is 15.1. The molecule has 4 heteroatoms. The van der Waals surface area contributed by atoms with Crippen LogP contribution in [0.2, 0.25) is 0 Å². The third-order valence-corrected chi connectivity index (χ3v) is 3.58. The summed E-state index contributed by atoms with van der Waals surface area (Å²) in [6.07, 6.45) is 3.69. The van der Waals surface area contributed by atoms with Gasteiger partial charge in [-0.15, -0.1) is 11.3 Å². The molecule has 0 bridgehead atoms. The molecule has 0 aliphatic heterocycles. The molecule has 2 atom stereocenters. The van der Waals surface area contributed by atoms with Crippen LogP contribution in [-0.2, 0) is 0 Å². The molecule has 2 aromatic heterocycles. The molecule has 0 amide bonds. The highest BCUT2D eigenvalue weighted by Crippen LogP contribution is 2.25. The van der Waals surface area contributed by atoms with E-state index < -0.39 is 0 Å². The molecular weight excluding hydrogens is 206 g/mol. The summed E-state index contributed by atoms with van der Waals surface area (Å²) in [5.74, 6) is 0. The van der Waals surface area contributed by atoms with Gasteiger partial charge in [0.15, 0.2) is 0 Å². The van der Waals surface area contributed by atoms with E-state index in [1.807, 2.05) is 19.4 Å². The zero-order valence-electron chi connectivity index (χ0n) is 8.92. The quantitative estimate of drug-likeness (QED) is 0.865. The average molecular weight is 221 g/mol. The van der Waals surface area contributed by atoms with E-state index in [2.05, 4.69) is 34.0 Å². The monoisotopic (exact) mass is 221 g/mol. The Kier molecular flexibility index (Phi) is 2.88. The van der Waals surface area contributed by atoms with E-state index >= 15 is 0 Å². The molecule has 2 rings (SSSR count). The summed E-state index contributed by atoms with van der Waals surface area (Å²) in [5.41, 5.74) is 6.97. The second-order valence-electron chi connectivity index (χ2n) is 3.71. The largest absolute Gasteiger partial charge is 0.325 e. The Morgan fingerprint density at radius 3 is 2.87 bits per heavy atom. The van der Waals surface area contributed by atoms with Gasteiger partial charge in [-0.2, -0.15) is 0 Å². The Morgan fingerprint density at radius 2 is 2.27 bits per heavy atom. The van der Waals surface area contributed by atoms with Crippen LogP contribution in [0.1, 0.15) is 36.5 Å². The Bertz CT molecular complexity index is 417. The predicted molar refractivity (Wildman–Crippen MR) is 63.0 cm³/mol. The van der Waals surface area contributed by atoms with Gasteiger partial charge in [0.1, 0.15) is 0 Å². The van der Waals surface area contributed by atoms with Crippen molar-refractivity contribution in [1.29, 1.82) is 0 Å². The van der Waals surface area contributed by atoms with Gasteiger partial charge < -0.3 is 10.3 Å². The fourth-order valence-corrected chi connectivity index (χ4v) is 2.44. The van der Waals surface area contributed by atoms with Crippen LogP contribution in [0.5, 0.6) is 0 Å². The summed E-state index contributed by atoms with van der Waals surface area (Å²) in [6, 6.07) is 4.54. The summed E-state index contributed by atoms with van der Waals surface area (Å²) in [5, 5.41) is 2.09. The summed E-state index contributed by atoms with van der Waals surface area (Å²) < 4.78 is 2.14. The smallest absolute Gasteiger partial charge is 0.0954 e. The van der Waals surface area contributed by atoms with Gasteiger partial charge in [-0.1, -0.05) is 6.07 Å². The molecule has 15 heavy (non-hydrogen) atoms. The van der Waals surface area contributed by atoms with Gasteiger partial charge in [0.25, 0.3) is 0 Å². The summed E-state index contributed by atoms with van der Waals surface area (Å²) in [6.45, 7) is 4.15. The van der Waals surface area contributed by atoms with E-state index in [1.54, 1.807) is 11.3 Å². The SMILES string of the molecule is CC(c1cccs1)n1cncc1[C@@H](C)N. The van der Waals surface area contributed by atoms with E-state index in [4.69, 9.17) is 5.73 Å². The number of hydrogen-bond donors (Lipinski definition) is 1. The molecule has 80 valence electrons. The number of hydrogen-bond acceptors (Lipinski definition) is 3. The van der Waals surface area contributed by atoms with Crippen molar-refractivity contribution < 1.29 is 0 Å². The van der Waals surface area contributed by atoms with Crippen molar-refractivity contribution >= 4 is 11.3 Å². The molecule has 2 aromatic rings. The summed E-state index contributed by atoms with van der Waals surface area (Å²) in [4.78, 5) is 5.49. The number of imidazole rings is 1. The second kappa shape index (κ2) is 4.16. The molecule has 3 nitrogen and oxygen atoms in total. The Hall–Kier alpha value is -1.13. The molecule has 2 heterocycles. The van der Waals surface area contributed by atoms with Crippen molar-refractivity contribution in [2.45, 2.75) is 25.9 Å². The zero-order valence-corrected chi connectivity index (χ0v) is 9.74. The van der Waals surface area contributed by atoms with E-state index in [0.717, 1.165) is 5.69 Å². The summed E-state index contributed by atoms with van der Waals surface area (Å²) in [7, 11) is 0. The van der Waals surface area contributed by atoms with Gasteiger partial charge >= 0.3 is 0 Å². The van der Waals surface area contributed by atoms with Crippen LogP contribution >= 0.6 is 11.3 Å². The third kappa shape index (κ3) is 1.96. The molecule has 0 saturated heterocycles. The number of rotatable bonds is 3. The van der Waals surface area contributed by atoms with Crippen molar-refractivity contribution in [1.82, 2.24) is 9.55 Å². The first-order valence-electron chi connectivity index (χ1n) is 5.01. The van der Waals surface area contributed by atoms with E-state index in [1.165, 1.54) is 4.88 Å². The molecule has 0 aliphatic carbocycles. The first kappa shape index (κ1) is 10.4. The highest BCUT2D eigenvalue weighted by molar-refractivity contribution is 7.10. The lowest BCUT2D eigenvalue weighted by Crippen LogP contribution is -2.14. The Morgan fingerprint density at radius 1 is 1.47 bits per heavy atom. The molecular formula is C11H15N3S. The number of thiophene rings is 1. The minimum absolute atomic E-state index is 0.0231. The van der Waals surface area contributed by atoms with Gasteiger partial charge in [-0.25, -0.2) is 4.98 Å². The van der Waals surface area contributed by atoms with Crippen molar-refractivity contribution in [3.8, 4) is 0 Å². The highest BCUT2D eigenvalue weighted by Gasteiger charge is 2.14. The fourth-order valence-electron chi connectivity index (χ4n) is 1.66. The van der Waals surface area contributed by atoms with Crippen LogP contribution < -0.4 is 5.73 Å². The van der Waals surface area contributed by atoms with Crippen molar-refractivity contribution in [3.05, 3.63) is 40.6 Å². The number of nitrogens with two attached hydrogens (primary N) is 1. The maximum absolute atomic E-state index is 5.89. The van der Waals surface area contributed by atoms with Crippen LogP contribution in [0, 0.1) is 0 Å². The fraction of sp³-hybridized carbons (Fsp3) is 0.364. The van der Waals surface area contributed by atoms with Crippen LogP contribution in [0.15, 0.2) is 30.0 Å². The van der Waals surface area contributed by atoms with Gasteiger partial charge in [-0.3, -0.25) is 0 Å². The third-order valence-electron chi connectivity index (χ3n) is 2.53. The summed E-state index contributed by atoms with van der Waals surface area (Å²) >= 11 is 1.76. The molecule has 0 aromatic carbocycles. The van der Waals surface area contributed by atoms with Gasteiger partial charge in [0.05, 0.1) is 18.1 Å². The van der Waals surface area contributed by atoms with E-state index in [9.17, 15) is 0 Å². The topological polar surface area (TPSA) is 43.8 Å². The molecule has 1 unspecified atom stereocenters. The number of aromatic nitrogens is 2. The molecule has 2 N–H and O–H groups in total. The lowest BCUT2D eigenvalue weighted by Gasteiger charge is -2.16. The van der Waals surface area contributed by atoms with Crippen LogP contribution in [0.3, 0.4) is 0 Å². The first-order valence-corrected chi connectivity index (χ1v) is 5.89. The molecule has 0 saturated carbocycles. The minimum atomic E-state index is 0.0231. The van der Waals surface area contributed by atoms with Gasteiger partial charge in [0.2, 0.25) is 0 Å². The van der Waals surface area contributed by atoms with Gasteiger partial charge in [-0.05, 0) is 25.3 Å². The zero-order chi connectivity index (χ0) is 10.8. The number of nitrogens with zero attached hydrogens (tertiary/aromatic N) is 2. The van der Waals surface area contributed by atoms with Crippen LogP contribution in [0.4, 0.5) is 0 Å².